The molecule has 21 heavy (non-hydrogen) atoms. The van der Waals surface area contributed by atoms with Crippen LogP contribution < -0.4 is 10.6 Å². The maximum Gasteiger partial charge on any atom is 0.242 e. The molecule has 0 aromatic heterocycles. The van der Waals surface area contributed by atoms with Crippen molar-refractivity contribution < 1.29 is 14.0 Å². The molecule has 4 nitrogen and oxygen atoms in total. The van der Waals surface area contributed by atoms with Crippen LogP contribution in [-0.4, -0.2) is 23.9 Å². The van der Waals surface area contributed by atoms with E-state index in [1.54, 1.807) is 19.1 Å². The van der Waals surface area contributed by atoms with Gasteiger partial charge < -0.3 is 10.6 Å². The van der Waals surface area contributed by atoms with E-state index in [4.69, 9.17) is 0 Å². The van der Waals surface area contributed by atoms with Crippen molar-refractivity contribution in [2.75, 3.05) is 0 Å². The molecule has 0 spiro atoms. The summed E-state index contributed by atoms with van der Waals surface area (Å²) in [6.45, 7) is 7.04. The predicted molar refractivity (Wildman–Crippen MR) is 80.2 cm³/mol. The van der Waals surface area contributed by atoms with Crippen LogP contribution in [0.5, 0.6) is 0 Å². The Kier molecular flexibility index (Phi) is 6.34. The Hall–Kier alpha value is -1.91. The Morgan fingerprint density at radius 3 is 2.14 bits per heavy atom. The number of hydrogen-bond donors (Lipinski definition) is 2. The van der Waals surface area contributed by atoms with Gasteiger partial charge in [0.05, 0.1) is 0 Å². The lowest BCUT2D eigenvalue weighted by Gasteiger charge is -2.24. The van der Waals surface area contributed by atoms with E-state index < -0.39 is 6.04 Å². The Morgan fingerprint density at radius 1 is 1.10 bits per heavy atom. The number of nitrogens with one attached hydrogen (secondary N) is 2. The van der Waals surface area contributed by atoms with Crippen LogP contribution in [0.15, 0.2) is 24.3 Å². The van der Waals surface area contributed by atoms with Crippen molar-refractivity contribution >= 4 is 11.8 Å². The second kappa shape index (κ2) is 7.76. The molecule has 0 unspecified atom stereocenters. The maximum atomic E-state index is 12.9. The average Bonchev–Trinajstić information content (AvgIpc) is 2.39. The van der Waals surface area contributed by atoms with E-state index in [2.05, 4.69) is 10.6 Å². The van der Waals surface area contributed by atoms with Gasteiger partial charge in [0.25, 0.3) is 0 Å². The molecule has 2 N–H and O–H groups in total. The third-order valence-electron chi connectivity index (χ3n) is 3.31. The summed E-state index contributed by atoms with van der Waals surface area (Å²) in [6, 6.07) is 5.61. The van der Waals surface area contributed by atoms with E-state index in [9.17, 15) is 14.0 Å². The van der Waals surface area contributed by atoms with E-state index in [1.165, 1.54) is 19.1 Å². The molecule has 0 bridgehead atoms. The second-order valence-electron chi connectivity index (χ2n) is 5.61. The van der Waals surface area contributed by atoms with Gasteiger partial charge in [-0.3, -0.25) is 9.59 Å². The van der Waals surface area contributed by atoms with Crippen LogP contribution in [0.25, 0.3) is 0 Å². The van der Waals surface area contributed by atoms with E-state index in [1.807, 2.05) is 13.8 Å². The molecule has 116 valence electrons. The Balaban J connectivity index is 2.67. The summed E-state index contributed by atoms with van der Waals surface area (Å²) >= 11 is 0. The molecule has 0 aliphatic rings. The summed E-state index contributed by atoms with van der Waals surface area (Å²) in [5, 5.41) is 5.49. The van der Waals surface area contributed by atoms with Crippen molar-refractivity contribution in [3.05, 3.63) is 35.6 Å². The molecule has 0 aliphatic heterocycles. The molecule has 0 aliphatic carbocycles. The summed E-state index contributed by atoms with van der Waals surface area (Å²) < 4.78 is 12.9. The molecule has 2 amide bonds. The minimum absolute atomic E-state index is 0.0702. The topological polar surface area (TPSA) is 58.2 Å². The molecule has 0 radical (unpaired) electrons. The van der Waals surface area contributed by atoms with E-state index >= 15 is 0 Å². The monoisotopic (exact) mass is 294 g/mol. The average molecular weight is 294 g/mol. The van der Waals surface area contributed by atoms with Crippen LogP contribution in [0, 0.1) is 11.7 Å². The molecule has 1 aromatic carbocycles. The van der Waals surface area contributed by atoms with Crippen molar-refractivity contribution in [1.29, 1.82) is 0 Å². The zero-order chi connectivity index (χ0) is 16.0. The summed E-state index contributed by atoms with van der Waals surface area (Å²) in [5.74, 6) is -0.505. The van der Waals surface area contributed by atoms with Gasteiger partial charge in [-0.15, -0.1) is 0 Å². The van der Waals surface area contributed by atoms with Crippen molar-refractivity contribution in [2.24, 2.45) is 5.92 Å². The molecule has 0 fully saturated rings. The molecular weight excluding hydrogens is 271 g/mol. The highest BCUT2D eigenvalue weighted by molar-refractivity contribution is 5.86. The van der Waals surface area contributed by atoms with Gasteiger partial charge in [0.1, 0.15) is 11.9 Å². The first-order valence-electron chi connectivity index (χ1n) is 7.11. The lowest BCUT2D eigenvalue weighted by Crippen LogP contribution is -2.49. The van der Waals surface area contributed by atoms with Gasteiger partial charge >= 0.3 is 0 Å². The van der Waals surface area contributed by atoms with E-state index in [0.29, 0.717) is 6.42 Å². The largest absolute Gasteiger partial charge is 0.351 e. The minimum atomic E-state index is -0.572. The van der Waals surface area contributed by atoms with Gasteiger partial charge in [-0.1, -0.05) is 26.0 Å². The van der Waals surface area contributed by atoms with Crippen molar-refractivity contribution in [1.82, 2.24) is 10.6 Å². The van der Waals surface area contributed by atoms with E-state index in [-0.39, 0.29) is 29.6 Å². The predicted octanol–water partition coefficient (Wildman–Crippen LogP) is 2.03. The Bertz CT molecular complexity index is 486. The first-order valence-corrected chi connectivity index (χ1v) is 7.11. The first kappa shape index (κ1) is 17.1. The molecule has 1 aromatic rings. The van der Waals surface area contributed by atoms with Gasteiger partial charge in [0.15, 0.2) is 0 Å². The molecule has 0 saturated carbocycles. The molecule has 2 atom stereocenters. The number of rotatable bonds is 6. The zero-order valence-corrected chi connectivity index (χ0v) is 12.9. The number of carbonyl (C=O) groups is 2. The number of amides is 2. The van der Waals surface area contributed by atoms with E-state index in [0.717, 1.165) is 5.56 Å². The highest BCUT2D eigenvalue weighted by Crippen LogP contribution is 2.11. The fourth-order valence-electron chi connectivity index (χ4n) is 2.01. The summed E-state index contributed by atoms with van der Waals surface area (Å²) in [5.41, 5.74) is 0.961. The zero-order valence-electron chi connectivity index (χ0n) is 12.9. The fraction of sp³-hybridized carbons (Fsp3) is 0.500. The summed E-state index contributed by atoms with van der Waals surface area (Å²) in [6.07, 6.45) is 0.622. The Morgan fingerprint density at radius 2 is 1.67 bits per heavy atom. The quantitative estimate of drug-likeness (QED) is 0.843. The maximum absolute atomic E-state index is 12.9. The first-order chi connectivity index (χ1) is 9.79. The molecular formula is C16H23FN2O2. The van der Waals surface area contributed by atoms with Crippen LogP contribution in [0.2, 0.25) is 0 Å². The Labute approximate surface area is 125 Å². The number of carbonyl (C=O) groups excluding carboxylic acids is 2. The SMILES string of the molecule is CC(=O)N[C@@H](C)C(=O)N[C@@H](Cc1ccc(F)cc1)C(C)C. The van der Waals surface area contributed by atoms with Gasteiger partial charge in [-0.05, 0) is 37.0 Å². The highest BCUT2D eigenvalue weighted by atomic mass is 19.1. The number of benzene rings is 1. The van der Waals surface area contributed by atoms with Crippen molar-refractivity contribution in [2.45, 2.75) is 46.2 Å². The van der Waals surface area contributed by atoms with Crippen LogP contribution >= 0.6 is 0 Å². The minimum Gasteiger partial charge on any atom is -0.351 e. The molecule has 0 heterocycles. The van der Waals surface area contributed by atoms with Gasteiger partial charge in [0.2, 0.25) is 11.8 Å². The van der Waals surface area contributed by atoms with Gasteiger partial charge in [-0.25, -0.2) is 4.39 Å². The van der Waals surface area contributed by atoms with Crippen LogP contribution in [0.1, 0.15) is 33.3 Å². The summed E-state index contributed by atoms with van der Waals surface area (Å²) in [7, 11) is 0. The lowest BCUT2D eigenvalue weighted by molar-refractivity contribution is -0.128. The molecule has 5 heteroatoms. The molecule has 1 rings (SSSR count). The number of halogens is 1. The smallest absolute Gasteiger partial charge is 0.242 e. The molecule has 0 saturated heterocycles. The standard InChI is InChI=1S/C16H23FN2O2/c1-10(2)15(9-13-5-7-14(17)8-6-13)19-16(21)11(3)18-12(4)20/h5-8,10-11,15H,9H2,1-4H3,(H,18,20)(H,19,21)/t11-,15-/m0/s1. The van der Waals surface area contributed by atoms with Crippen LogP contribution in [-0.2, 0) is 16.0 Å². The summed E-state index contributed by atoms with van der Waals surface area (Å²) in [4.78, 5) is 23.0. The van der Waals surface area contributed by atoms with Crippen molar-refractivity contribution in [3.8, 4) is 0 Å². The normalized spacial score (nSPS) is 13.6. The second-order valence-corrected chi connectivity index (χ2v) is 5.61. The fourth-order valence-corrected chi connectivity index (χ4v) is 2.01. The van der Waals surface area contributed by atoms with Crippen LogP contribution in [0.3, 0.4) is 0 Å². The lowest BCUT2D eigenvalue weighted by atomic mass is 9.96. The van der Waals surface area contributed by atoms with Gasteiger partial charge in [0, 0.05) is 13.0 Å². The highest BCUT2D eigenvalue weighted by Gasteiger charge is 2.20. The van der Waals surface area contributed by atoms with Crippen LogP contribution in [0.4, 0.5) is 4.39 Å². The number of hydrogen-bond acceptors (Lipinski definition) is 2. The third-order valence-corrected chi connectivity index (χ3v) is 3.31. The third kappa shape index (κ3) is 5.94. The van der Waals surface area contributed by atoms with Gasteiger partial charge in [-0.2, -0.15) is 0 Å². The van der Waals surface area contributed by atoms with Crippen molar-refractivity contribution in [3.63, 3.8) is 0 Å².